The van der Waals surface area contributed by atoms with Crippen LogP contribution in [0.3, 0.4) is 0 Å². The fraction of sp³-hybridized carbons (Fsp3) is 0.615. The Bertz CT molecular complexity index is 450. The molecule has 0 atom stereocenters. The number of hydrogen-bond acceptors (Lipinski definition) is 6. The summed E-state index contributed by atoms with van der Waals surface area (Å²) >= 11 is 0. The maximum absolute atomic E-state index is 11.2. The van der Waals surface area contributed by atoms with Crippen LogP contribution in [0.25, 0.3) is 0 Å². The SMILES string of the molecule is CCCNc1ncnc(N(CC(N)=O)C(C)C)c1OC. The highest BCUT2D eigenvalue weighted by Crippen LogP contribution is 2.32. The molecule has 1 aromatic heterocycles. The van der Waals surface area contributed by atoms with E-state index < -0.39 is 5.91 Å². The van der Waals surface area contributed by atoms with Crippen molar-refractivity contribution in [3.05, 3.63) is 6.33 Å². The van der Waals surface area contributed by atoms with Crippen molar-refractivity contribution in [3.63, 3.8) is 0 Å². The summed E-state index contributed by atoms with van der Waals surface area (Å²) in [7, 11) is 1.56. The molecule has 3 N–H and O–H groups in total. The first-order valence-electron chi connectivity index (χ1n) is 6.69. The van der Waals surface area contributed by atoms with Gasteiger partial charge in [0.1, 0.15) is 6.33 Å². The fourth-order valence-corrected chi connectivity index (χ4v) is 1.80. The van der Waals surface area contributed by atoms with Gasteiger partial charge in [-0.25, -0.2) is 9.97 Å². The lowest BCUT2D eigenvalue weighted by Crippen LogP contribution is -2.39. The average molecular weight is 281 g/mol. The molecule has 0 aliphatic heterocycles. The Labute approximate surface area is 119 Å². The predicted molar refractivity (Wildman–Crippen MR) is 79.0 cm³/mol. The van der Waals surface area contributed by atoms with E-state index in [0.29, 0.717) is 17.4 Å². The third kappa shape index (κ3) is 3.97. The fourth-order valence-electron chi connectivity index (χ4n) is 1.80. The highest BCUT2D eigenvalue weighted by atomic mass is 16.5. The maximum atomic E-state index is 11.2. The molecular formula is C13H23N5O2. The molecule has 7 heteroatoms. The smallest absolute Gasteiger partial charge is 0.237 e. The monoisotopic (exact) mass is 281 g/mol. The number of anilines is 2. The van der Waals surface area contributed by atoms with E-state index in [0.717, 1.165) is 13.0 Å². The maximum Gasteiger partial charge on any atom is 0.237 e. The van der Waals surface area contributed by atoms with Gasteiger partial charge in [0.05, 0.1) is 13.7 Å². The predicted octanol–water partition coefficient (Wildman–Crippen LogP) is 1.01. The van der Waals surface area contributed by atoms with Gasteiger partial charge in [-0.05, 0) is 20.3 Å². The zero-order valence-corrected chi connectivity index (χ0v) is 12.5. The second kappa shape index (κ2) is 7.52. The number of carbonyl (C=O) groups is 1. The topological polar surface area (TPSA) is 93.4 Å². The lowest BCUT2D eigenvalue weighted by atomic mass is 10.3. The third-order valence-electron chi connectivity index (χ3n) is 2.75. The number of amides is 1. The summed E-state index contributed by atoms with van der Waals surface area (Å²) in [6.07, 6.45) is 2.42. The van der Waals surface area contributed by atoms with Crippen molar-refractivity contribution in [2.75, 3.05) is 30.4 Å². The Morgan fingerprint density at radius 1 is 1.50 bits per heavy atom. The summed E-state index contributed by atoms with van der Waals surface area (Å²) in [5, 5.41) is 3.18. The van der Waals surface area contributed by atoms with Gasteiger partial charge in [0.25, 0.3) is 0 Å². The summed E-state index contributed by atoms with van der Waals surface area (Å²) in [5.41, 5.74) is 5.30. The first kappa shape index (κ1) is 16.0. The number of nitrogens with zero attached hydrogens (tertiary/aromatic N) is 3. The van der Waals surface area contributed by atoms with Gasteiger partial charge in [0.15, 0.2) is 11.6 Å². The number of nitrogens with one attached hydrogen (secondary N) is 1. The van der Waals surface area contributed by atoms with Crippen molar-refractivity contribution >= 4 is 17.5 Å². The average Bonchev–Trinajstić information content (AvgIpc) is 2.41. The van der Waals surface area contributed by atoms with Gasteiger partial charge in [0, 0.05) is 12.6 Å². The van der Waals surface area contributed by atoms with Crippen molar-refractivity contribution in [3.8, 4) is 5.75 Å². The second-order valence-corrected chi connectivity index (χ2v) is 4.69. The number of primary amides is 1. The van der Waals surface area contributed by atoms with E-state index in [1.54, 1.807) is 12.0 Å². The first-order valence-corrected chi connectivity index (χ1v) is 6.69. The van der Waals surface area contributed by atoms with Crippen molar-refractivity contribution in [2.45, 2.75) is 33.2 Å². The van der Waals surface area contributed by atoms with E-state index in [9.17, 15) is 4.79 Å². The van der Waals surface area contributed by atoms with Crippen molar-refractivity contribution in [1.82, 2.24) is 9.97 Å². The minimum atomic E-state index is -0.414. The van der Waals surface area contributed by atoms with Crippen LogP contribution in [-0.2, 0) is 4.79 Å². The minimum Gasteiger partial charge on any atom is -0.490 e. The van der Waals surface area contributed by atoms with E-state index in [4.69, 9.17) is 10.5 Å². The van der Waals surface area contributed by atoms with Gasteiger partial charge in [-0.2, -0.15) is 0 Å². The molecule has 1 amide bonds. The number of hydrogen-bond donors (Lipinski definition) is 2. The highest BCUT2D eigenvalue weighted by molar-refractivity contribution is 5.80. The molecule has 0 aromatic carbocycles. The molecule has 0 bridgehead atoms. The van der Waals surface area contributed by atoms with E-state index in [2.05, 4.69) is 22.2 Å². The molecule has 1 heterocycles. The lowest BCUT2D eigenvalue weighted by molar-refractivity contribution is -0.116. The molecule has 112 valence electrons. The Hall–Kier alpha value is -2.05. The van der Waals surface area contributed by atoms with E-state index in [1.807, 2.05) is 13.8 Å². The Kier molecular flexibility index (Phi) is 6.02. The molecule has 7 nitrogen and oxygen atoms in total. The number of rotatable bonds is 8. The summed E-state index contributed by atoms with van der Waals surface area (Å²) in [6.45, 7) is 6.85. The standard InChI is InChI=1S/C13H23N5O2/c1-5-6-15-12-11(20-4)13(17-8-16-12)18(9(2)3)7-10(14)19/h8-9H,5-7H2,1-4H3,(H2,14,19)(H,15,16,17). The molecule has 20 heavy (non-hydrogen) atoms. The summed E-state index contributed by atoms with van der Waals surface area (Å²) < 4.78 is 5.40. The zero-order valence-electron chi connectivity index (χ0n) is 12.5. The molecule has 0 aliphatic rings. The number of aromatic nitrogens is 2. The second-order valence-electron chi connectivity index (χ2n) is 4.69. The van der Waals surface area contributed by atoms with Crippen LogP contribution in [0.15, 0.2) is 6.33 Å². The van der Waals surface area contributed by atoms with Crippen molar-refractivity contribution < 1.29 is 9.53 Å². The molecule has 1 rings (SSSR count). The molecule has 0 fully saturated rings. The van der Waals surface area contributed by atoms with Crippen LogP contribution in [0.4, 0.5) is 11.6 Å². The quantitative estimate of drug-likeness (QED) is 0.738. The van der Waals surface area contributed by atoms with Crippen LogP contribution >= 0.6 is 0 Å². The molecule has 0 spiro atoms. The van der Waals surface area contributed by atoms with E-state index in [-0.39, 0.29) is 12.6 Å². The van der Waals surface area contributed by atoms with Gasteiger partial charge in [0.2, 0.25) is 11.7 Å². The van der Waals surface area contributed by atoms with Gasteiger partial charge < -0.3 is 20.7 Å². The molecule has 0 radical (unpaired) electrons. The van der Waals surface area contributed by atoms with Gasteiger partial charge in [-0.15, -0.1) is 0 Å². The number of carbonyl (C=O) groups excluding carboxylic acids is 1. The Morgan fingerprint density at radius 2 is 2.20 bits per heavy atom. The van der Waals surface area contributed by atoms with Gasteiger partial charge in [-0.1, -0.05) is 6.92 Å². The normalized spacial score (nSPS) is 10.4. The largest absolute Gasteiger partial charge is 0.490 e. The molecule has 0 saturated carbocycles. The van der Waals surface area contributed by atoms with Crippen molar-refractivity contribution in [1.29, 1.82) is 0 Å². The van der Waals surface area contributed by atoms with Crippen LogP contribution < -0.4 is 20.7 Å². The number of methoxy groups -OCH3 is 1. The summed E-state index contributed by atoms with van der Waals surface area (Å²) in [5.74, 6) is 1.29. The van der Waals surface area contributed by atoms with Crippen LogP contribution in [0, 0.1) is 0 Å². The highest BCUT2D eigenvalue weighted by Gasteiger charge is 2.21. The number of ether oxygens (including phenoxy) is 1. The minimum absolute atomic E-state index is 0.0605. The van der Waals surface area contributed by atoms with Crippen LogP contribution in [0.5, 0.6) is 5.75 Å². The summed E-state index contributed by atoms with van der Waals surface area (Å²) in [6, 6.07) is 0.0605. The molecule has 0 aliphatic carbocycles. The van der Waals surface area contributed by atoms with Crippen LogP contribution in [-0.4, -0.2) is 42.1 Å². The van der Waals surface area contributed by atoms with E-state index in [1.165, 1.54) is 6.33 Å². The zero-order chi connectivity index (χ0) is 15.1. The van der Waals surface area contributed by atoms with Crippen LogP contribution in [0.1, 0.15) is 27.2 Å². The molecule has 0 unspecified atom stereocenters. The van der Waals surface area contributed by atoms with Gasteiger partial charge >= 0.3 is 0 Å². The Balaban J connectivity index is 3.16. The Morgan fingerprint density at radius 3 is 2.70 bits per heavy atom. The molecular weight excluding hydrogens is 258 g/mol. The third-order valence-corrected chi connectivity index (χ3v) is 2.75. The molecule has 1 aromatic rings. The molecule has 0 saturated heterocycles. The van der Waals surface area contributed by atoms with Gasteiger partial charge in [-0.3, -0.25) is 4.79 Å². The lowest BCUT2D eigenvalue weighted by Gasteiger charge is -2.28. The van der Waals surface area contributed by atoms with E-state index >= 15 is 0 Å². The first-order chi connectivity index (χ1) is 9.51. The van der Waals surface area contributed by atoms with Crippen molar-refractivity contribution in [2.24, 2.45) is 5.73 Å². The number of nitrogens with two attached hydrogens (primary N) is 1. The van der Waals surface area contributed by atoms with Crippen LogP contribution in [0.2, 0.25) is 0 Å². The summed E-state index contributed by atoms with van der Waals surface area (Å²) in [4.78, 5) is 21.4.